The first kappa shape index (κ1) is 56.8. The summed E-state index contributed by atoms with van der Waals surface area (Å²) in [5.74, 6) is -2.29. The minimum Gasteiger partial charge on any atom is -0.545 e. The van der Waals surface area contributed by atoms with Crippen molar-refractivity contribution < 1.29 is 42.9 Å². The average molecular weight is 836 g/mol. The Morgan fingerprint density at radius 3 is 1.25 bits per heavy atom. The Morgan fingerprint density at radius 2 is 0.864 bits per heavy atom. The summed E-state index contributed by atoms with van der Waals surface area (Å²) in [4.78, 5) is 37.1. The fraction of sp³-hybridized carbons (Fsp3) is 0.860. The van der Waals surface area contributed by atoms with Gasteiger partial charge in [0.1, 0.15) is 13.2 Å². The number of aliphatic carboxylic acids is 1. The number of hydrogen-bond acceptors (Lipinski definition) is 8. The first-order valence-electron chi connectivity index (χ1n) is 24.5. The molecule has 0 spiro atoms. The molecule has 59 heavy (non-hydrogen) atoms. The van der Waals surface area contributed by atoms with Crippen molar-refractivity contribution in [1.29, 1.82) is 0 Å². The molecule has 0 aromatic carbocycles. The van der Waals surface area contributed by atoms with Crippen molar-refractivity contribution in [2.24, 2.45) is 0 Å². The van der Waals surface area contributed by atoms with Gasteiger partial charge >= 0.3 is 11.9 Å². The maximum Gasteiger partial charge on any atom is 0.306 e. The molecule has 0 bridgehead atoms. The lowest BCUT2D eigenvalue weighted by Gasteiger charge is -2.26. The Bertz CT molecular complexity index is 1020. The maximum absolute atomic E-state index is 12.8. The molecule has 0 N–H and O–H groups in total. The Kier molecular flexibility index (Phi) is 40.9. The molecule has 0 radical (unpaired) electrons. The molecule has 0 fully saturated rings. The Morgan fingerprint density at radius 1 is 0.492 bits per heavy atom. The zero-order valence-electron chi connectivity index (χ0n) is 39.1. The van der Waals surface area contributed by atoms with Crippen LogP contribution >= 0.6 is 0 Å². The van der Waals surface area contributed by atoms with Gasteiger partial charge in [0.05, 0.1) is 40.3 Å². The van der Waals surface area contributed by atoms with Gasteiger partial charge in [-0.1, -0.05) is 167 Å². The van der Waals surface area contributed by atoms with Gasteiger partial charge in [-0.05, 0) is 64.2 Å². The minimum atomic E-state index is -1.62. The van der Waals surface area contributed by atoms with Gasteiger partial charge in [-0.25, -0.2) is 0 Å². The second-order valence-electron chi connectivity index (χ2n) is 17.7. The molecule has 0 amide bonds. The smallest absolute Gasteiger partial charge is 0.306 e. The summed E-state index contributed by atoms with van der Waals surface area (Å²) >= 11 is 0. The number of carboxylic acids is 1. The fourth-order valence-corrected chi connectivity index (χ4v) is 6.82. The molecule has 0 aromatic rings. The monoisotopic (exact) mass is 836 g/mol. The number of carboxylic acid groups (broad SMARTS) is 1. The van der Waals surface area contributed by atoms with E-state index in [0.717, 1.165) is 64.2 Å². The molecule has 9 heteroatoms. The number of hydrogen-bond donors (Lipinski definition) is 0. The number of quaternary nitrogens is 1. The van der Waals surface area contributed by atoms with Crippen LogP contribution in [0.4, 0.5) is 0 Å². The molecule has 2 unspecified atom stereocenters. The first-order valence-corrected chi connectivity index (χ1v) is 24.5. The summed E-state index contributed by atoms with van der Waals surface area (Å²) in [6.45, 7) is 4.74. The standard InChI is InChI=1S/C50H93NO8/c1-6-8-10-12-14-16-18-20-22-24-25-27-29-31-33-35-37-39-41-48(53)59-46(45-58-50(49(54)55)56-43-42-51(3,4)5)44-57-47(52)40-38-36-34-32-30-28-26-23-21-19-17-15-13-11-9-7-2/h22-24,26,46,50H,6-21,25,27-45H2,1-5H3/b24-22-,26-23-. The number of allylic oxidation sites excluding steroid dienone is 4. The fourth-order valence-electron chi connectivity index (χ4n) is 6.82. The van der Waals surface area contributed by atoms with E-state index in [1.165, 1.54) is 122 Å². The van der Waals surface area contributed by atoms with E-state index in [1.54, 1.807) is 0 Å². The highest BCUT2D eigenvalue weighted by Crippen LogP contribution is 2.14. The molecule has 0 aromatic heterocycles. The molecule has 0 aliphatic carbocycles. The van der Waals surface area contributed by atoms with Gasteiger partial charge < -0.3 is 33.3 Å². The number of likely N-dealkylation sites (N-methyl/N-ethyl adjacent to an activating group) is 1. The number of rotatable bonds is 45. The summed E-state index contributed by atoms with van der Waals surface area (Å²) in [5.41, 5.74) is 0. The molecule has 0 saturated heterocycles. The van der Waals surface area contributed by atoms with Crippen molar-refractivity contribution in [2.75, 3.05) is 47.5 Å². The number of nitrogens with zero attached hydrogens (tertiary/aromatic N) is 1. The topological polar surface area (TPSA) is 111 Å². The van der Waals surface area contributed by atoms with Crippen molar-refractivity contribution in [2.45, 2.75) is 232 Å². The van der Waals surface area contributed by atoms with Gasteiger partial charge in [0.25, 0.3) is 0 Å². The number of esters is 2. The highest BCUT2D eigenvalue weighted by Gasteiger charge is 2.21. The van der Waals surface area contributed by atoms with Crippen molar-refractivity contribution in [1.82, 2.24) is 0 Å². The van der Waals surface area contributed by atoms with E-state index in [2.05, 4.69) is 38.2 Å². The van der Waals surface area contributed by atoms with Crippen molar-refractivity contribution in [3.05, 3.63) is 24.3 Å². The molecule has 2 atom stereocenters. The van der Waals surface area contributed by atoms with Gasteiger partial charge in [-0.2, -0.15) is 0 Å². The quantitative estimate of drug-likeness (QED) is 0.0196. The third kappa shape index (κ3) is 43.7. The Balaban J connectivity index is 4.39. The van der Waals surface area contributed by atoms with Crippen LogP contribution in [0.2, 0.25) is 0 Å². The van der Waals surface area contributed by atoms with Gasteiger partial charge in [-0.15, -0.1) is 0 Å². The van der Waals surface area contributed by atoms with Crippen LogP contribution in [0.5, 0.6) is 0 Å². The van der Waals surface area contributed by atoms with Crippen LogP contribution in [0.25, 0.3) is 0 Å². The molecule has 0 heterocycles. The van der Waals surface area contributed by atoms with E-state index >= 15 is 0 Å². The molecule has 0 rings (SSSR count). The number of unbranched alkanes of at least 4 members (excludes halogenated alkanes) is 26. The summed E-state index contributed by atoms with van der Waals surface area (Å²) in [6, 6.07) is 0. The van der Waals surface area contributed by atoms with E-state index in [1.807, 2.05) is 21.1 Å². The molecular weight excluding hydrogens is 743 g/mol. The summed E-state index contributed by atoms with van der Waals surface area (Å²) in [7, 11) is 5.91. The maximum atomic E-state index is 12.8. The van der Waals surface area contributed by atoms with E-state index in [-0.39, 0.29) is 38.6 Å². The molecule has 9 nitrogen and oxygen atoms in total. The second-order valence-corrected chi connectivity index (χ2v) is 17.7. The molecule has 0 saturated carbocycles. The minimum absolute atomic E-state index is 0.147. The number of ether oxygens (including phenoxy) is 4. The Hall–Kier alpha value is -2.23. The third-order valence-corrected chi connectivity index (χ3v) is 10.7. The number of carbonyl (C=O) groups excluding carboxylic acids is 3. The predicted molar refractivity (Wildman–Crippen MR) is 242 cm³/mol. The van der Waals surface area contributed by atoms with Gasteiger partial charge in [0, 0.05) is 12.8 Å². The average Bonchev–Trinajstić information content (AvgIpc) is 3.19. The lowest BCUT2D eigenvalue weighted by atomic mass is 10.1. The van der Waals surface area contributed by atoms with Crippen molar-refractivity contribution in [3.63, 3.8) is 0 Å². The van der Waals surface area contributed by atoms with Crippen LogP contribution in [0.3, 0.4) is 0 Å². The highest BCUT2D eigenvalue weighted by atomic mass is 16.7. The van der Waals surface area contributed by atoms with Gasteiger partial charge in [0.15, 0.2) is 12.4 Å². The van der Waals surface area contributed by atoms with Gasteiger partial charge in [-0.3, -0.25) is 9.59 Å². The zero-order valence-corrected chi connectivity index (χ0v) is 39.1. The van der Waals surface area contributed by atoms with E-state index in [4.69, 9.17) is 18.9 Å². The lowest BCUT2D eigenvalue weighted by Crippen LogP contribution is -2.44. The second kappa shape index (κ2) is 42.5. The summed E-state index contributed by atoms with van der Waals surface area (Å²) in [6.07, 6.45) is 43.5. The SMILES string of the molecule is CCCCCCCCC/C=C\CCCCCCCCCC(=O)OC(COC(=O)CCCCCCC/C=C\CCCCCCCCC)COC(OCC[N+](C)(C)C)C(=O)[O-]. The predicted octanol–water partition coefficient (Wildman–Crippen LogP) is 11.9. The molecule has 346 valence electrons. The zero-order chi connectivity index (χ0) is 43.5. The van der Waals surface area contributed by atoms with E-state index in [0.29, 0.717) is 17.4 Å². The van der Waals surface area contributed by atoms with Crippen LogP contribution in [-0.4, -0.2) is 82.3 Å². The normalized spacial score (nSPS) is 13.0. The molecule has 0 aliphatic heterocycles. The van der Waals surface area contributed by atoms with Crippen LogP contribution in [0.1, 0.15) is 219 Å². The van der Waals surface area contributed by atoms with E-state index in [9.17, 15) is 19.5 Å². The van der Waals surface area contributed by atoms with Crippen LogP contribution in [0, 0.1) is 0 Å². The third-order valence-electron chi connectivity index (χ3n) is 10.7. The summed E-state index contributed by atoms with van der Waals surface area (Å²) < 4.78 is 22.6. The molecule has 0 aliphatic rings. The van der Waals surface area contributed by atoms with Crippen LogP contribution < -0.4 is 5.11 Å². The van der Waals surface area contributed by atoms with Crippen molar-refractivity contribution >= 4 is 17.9 Å². The number of carbonyl (C=O) groups is 3. The van der Waals surface area contributed by atoms with Gasteiger partial charge in [0.2, 0.25) is 0 Å². The molecular formula is C50H93NO8. The summed E-state index contributed by atoms with van der Waals surface area (Å²) in [5, 5.41) is 11.7. The largest absolute Gasteiger partial charge is 0.545 e. The Labute approximate surface area is 363 Å². The van der Waals surface area contributed by atoms with E-state index < -0.39 is 24.3 Å². The first-order chi connectivity index (χ1) is 28.6. The van der Waals surface area contributed by atoms with Crippen LogP contribution in [-0.2, 0) is 33.3 Å². The lowest BCUT2D eigenvalue weighted by molar-refractivity contribution is -0.870. The van der Waals surface area contributed by atoms with Crippen molar-refractivity contribution in [3.8, 4) is 0 Å². The highest BCUT2D eigenvalue weighted by molar-refractivity contribution is 5.70. The van der Waals surface area contributed by atoms with Crippen LogP contribution in [0.15, 0.2) is 24.3 Å².